The third-order valence-corrected chi connectivity index (χ3v) is 4.68. The highest BCUT2D eigenvalue weighted by atomic mass is 35.5. The van der Waals surface area contributed by atoms with Gasteiger partial charge in [-0.25, -0.2) is 0 Å². The van der Waals surface area contributed by atoms with Crippen molar-refractivity contribution < 1.29 is 19.1 Å². The van der Waals surface area contributed by atoms with E-state index in [1.54, 1.807) is 55.6 Å². The minimum atomic E-state index is -0.349. The number of fused-ring (bicyclic) bond motifs is 2. The summed E-state index contributed by atoms with van der Waals surface area (Å²) in [5.74, 6) is 0.990. The third kappa shape index (κ3) is 4.02. The van der Waals surface area contributed by atoms with Crippen LogP contribution in [0.25, 0.3) is 0 Å². The smallest absolute Gasteiger partial charge is 0.262 e. The van der Waals surface area contributed by atoms with Crippen molar-refractivity contribution >= 4 is 34.8 Å². The highest BCUT2D eigenvalue weighted by molar-refractivity contribution is 6.30. The van der Waals surface area contributed by atoms with Crippen molar-refractivity contribution in [3.05, 3.63) is 77.3 Å². The van der Waals surface area contributed by atoms with E-state index in [9.17, 15) is 9.59 Å². The molecule has 1 heterocycles. The van der Waals surface area contributed by atoms with E-state index in [1.807, 2.05) is 18.2 Å². The Labute approximate surface area is 172 Å². The van der Waals surface area contributed by atoms with Gasteiger partial charge in [-0.05, 0) is 54.6 Å². The van der Waals surface area contributed by atoms with Crippen LogP contribution in [-0.2, 0) is 4.79 Å². The van der Waals surface area contributed by atoms with Gasteiger partial charge in [-0.2, -0.15) is 0 Å². The lowest BCUT2D eigenvalue weighted by Gasteiger charge is -2.16. The lowest BCUT2D eigenvalue weighted by atomic mass is 10.1. The van der Waals surface area contributed by atoms with Crippen LogP contribution in [0.1, 0.15) is 10.4 Å². The third-order valence-electron chi connectivity index (χ3n) is 4.43. The summed E-state index contributed by atoms with van der Waals surface area (Å²) in [4.78, 5) is 26.6. The molecule has 0 fully saturated rings. The highest BCUT2D eigenvalue weighted by Gasteiger charge is 2.25. The zero-order chi connectivity index (χ0) is 20.4. The maximum atomic E-state index is 12.9. The van der Waals surface area contributed by atoms with Gasteiger partial charge in [0.1, 0.15) is 11.5 Å². The van der Waals surface area contributed by atoms with Gasteiger partial charge < -0.3 is 19.7 Å². The van der Waals surface area contributed by atoms with E-state index in [2.05, 4.69) is 5.32 Å². The number of hydrogen-bond acceptors (Lipinski definition) is 4. The molecule has 0 bridgehead atoms. The summed E-state index contributed by atoms with van der Waals surface area (Å²) in [5.41, 5.74) is 1.51. The maximum absolute atomic E-state index is 12.9. The Balaban J connectivity index is 1.49. The second-order valence-corrected chi connectivity index (χ2v) is 6.87. The quantitative estimate of drug-likeness (QED) is 0.677. The molecule has 4 rings (SSSR count). The fourth-order valence-corrected chi connectivity index (χ4v) is 3.10. The van der Waals surface area contributed by atoms with Crippen molar-refractivity contribution in [1.29, 1.82) is 0 Å². The van der Waals surface area contributed by atoms with Gasteiger partial charge in [0.15, 0.2) is 12.4 Å². The fourth-order valence-electron chi connectivity index (χ4n) is 2.97. The van der Waals surface area contributed by atoms with Gasteiger partial charge in [-0.15, -0.1) is 0 Å². The average molecular weight is 409 g/mol. The number of hydrogen-bond donors (Lipinski definition) is 1. The first-order chi connectivity index (χ1) is 14.0. The predicted molar refractivity (Wildman–Crippen MR) is 111 cm³/mol. The number of nitrogens with one attached hydrogen (secondary N) is 1. The molecule has 146 valence electrons. The van der Waals surface area contributed by atoms with Crippen LogP contribution in [0.3, 0.4) is 0 Å². The van der Waals surface area contributed by atoms with E-state index in [0.717, 1.165) is 0 Å². The predicted octanol–water partition coefficient (Wildman–Crippen LogP) is 4.74. The first-order valence-electron chi connectivity index (χ1n) is 8.88. The molecule has 2 amide bonds. The van der Waals surface area contributed by atoms with Crippen LogP contribution in [0.5, 0.6) is 17.2 Å². The zero-order valence-corrected chi connectivity index (χ0v) is 16.3. The first kappa shape index (κ1) is 18.8. The van der Waals surface area contributed by atoms with Gasteiger partial charge in [-0.3, -0.25) is 9.59 Å². The van der Waals surface area contributed by atoms with Crippen molar-refractivity contribution in [2.45, 2.75) is 0 Å². The number of anilines is 2. The summed E-state index contributed by atoms with van der Waals surface area (Å²) in [7, 11) is 1.69. The molecule has 0 saturated heterocycles. The Bertz CT molecular complexity index is 1080. The van der Waals surface area contributed by atoms with E-state index in [1.165, 1.54) is 4.90 Å². The second kappa shape index (κ2) is 7.85. The van der Waals surface area contributed by atoms with Gasteiger partial charge >= 0.3 is 0 Å². The van der Waals surface area contributed by atoms with Gasteiger partial charge in [-0.1, -0.05) is 23.7 Å². The first-order valence-corrected chi connectivity index (χ1v) is 9.26. The number of halogens is 1. The minimum absolute atomic E-state index is 0.172. The summed E-state index contributed by atoms with van der Waals surface area (Å²) in [6.45, 7) is -0.172. The van der Waals surface area contributed by atoms with E-state index >= 15 is 0 Å². The SMILES string of the molecule is CN1C(=O)c2cc(NC(=O)COc3ccc(Cl)cc3)ccc2Oc2ccccc21. The molecule has 0 spiro atoms. The number of carbonyl (C=O) groups is 2. The van der Waals surface area contributed by atoms with E-state index < -0.39 is 0 Å². The van der Waals surface area contributed by atoms with Crippen LogP contribution in [0, 0.1) is 0 Å². The van der Waals surface area contributed by atoms with E-state index in [-0.39, 0.29) is 18.4 Å². The lowest BCUT2D eigenvalue weighted by molar-refractivity contribution is -0.118. The van der Waals surface area contributed by atoms with Crippen molar-refractivity contribution in [3.63, 3.8) is 0 Å². The number of ether oxygens (including phenoxy) is 2. The highest BCUT2D eigenvalue weighted by Crippen LogP contribution is 2.38. The molecular formula is C22H17ClN2O4. The molecule has 1 aliphatic heterocycles. The van der Waals surface area contributed by atoms with Crippen molar-refractivity contribution in [2.24, 2.45) is 0 Å². The van der Waals surface area contributed by atoms with Crippen LogP contribution in [0.2, 0.25) is 5.02 Å². The van der Waals surface area contributed by atoms with Gasteiger partial charge in [0.2, 0.25) is 0 Å². The van der Waals surface area contributed by atoms with Crippen molar-refractivity contribution in [3.8, 4) is 17.2 Å². The van der Waals surface area contributed by atoms with E-state index in [0.29, 0.717) is 39.2 Å². The normalized spacial score (nSPS) is 12.3. The van der Waals surface area contributed by atoms with Crippen LogP contribution < -0.4 is 19.7 Å². The molecule has 0 aliphatic carbocycles. The largest absolute Gasteiger partial charge is 0.484 e. The summed E-state index contributed by atoms with van der Waals surface area (Å²) in [5, 5.41) is 3.32. The molecule has 6 nitrogen and oxygen atoms in total. The van der Waals surface area contributed by atoms with E-state index in [4.69, 9.17) is 21.1 Å². The molecule has 3 aromatic rings. The molecule has 0 radical (unpaired) electrons. The Hall–Kier alpha value is -3.51. The molecule has 29 heavy (non-hydrogen) atoms. The molecule has 0 atom stereocenters. The second-order valence-electron chi connectivity index (χ2n) is 6.44. The van der Waals surface area contributed by atoms with Crippen molar-refractivity contribution in [2.75, 3.05) is 23.9 Å². The summed E-state index contributed by atoms with van der Waals surface area (Å²) < 4.78 is 11.3. The molecule has 3 aromatic carbocycles. The summed E-state index contributed by atoms with van der Waals surface area (Å²) in [6, 6.07) is 19.0. The molecule has 7 heteroatoms. The Morgan fingerprint density at radius 3 is 2.62 bits per heavy atom. The van der Waals surface area contributed by atoms with Gasteiger partial charge in [0.05, 0.1) is 11.3 Å². The Morgan fingerprint density at radius 2 is 1.83 bits per heavy atom. The standard InChI is InChI=1S/C22H17ClN2O4/c1-25-18-4-2-3-5-20(18)29-19-11-8-15(12-17(19)22(25)27)24-21(26)13-28-16-9-6-14(23)7-10-16/h2-12H,13H2,1H3,(H,24,26). The monoisotopic (exact) mass is 408 g/mol. The van der Waals surface area contributed by atoms with Crippen LogP contribution in [0.15, 0.2) is 66.7 Å². The number of benzene rings is 3. The van der Waals surface area contributed by atoms with Crippen molar-refractivity contribution in [1.82, 2.24) is 0 Å². The topological polar surface area (TPSA) is 67.9 Å². The molecular weight excluding hydrogens is 392 g/mol. The molecule has 1 aliphatic rings. The van der Waals surface area contributed by atoms with Crippen LogP contribution in [-0.4, -0.2) is 25.5 Å². The number of rotatable bonds is 4. The van der Waals surface area contributed by atoms with Gasteiger partial charge in [0, 0.05) is 17.8 Å². The molecule has 0 unspecified atom stereocenters. The zero-order valence-electron chi connectivity index (χ0n) is 15.5. The van der Waals surface area contributed by atoms with Crippen LogP contribution >= 0.6 is 11.6 Å². The molecule has 0 saturated carbocycles. The van der Waals surface area contributed by atoms with Crippen LogP contribution in [0.4, 0.5) is 11.4 Å². The summed E-state index contributed by atoms with van der Waals surface area (Å²) in [6.07, 6.45) is 0. The molecule has 0 aromatic heterocycles. The number of nitrogens with zero attached hydrogens (tertiary/aromatic N) is 1. The minimum Gasteiger partial charge on any atom is -0.484 e. The maximum Gasteiger partial charge on any atom is 0.262 e. The average Bonchev–Trinajstić information content (AvgIpc) is 2.83. The fraction of sp³-hybridized carbons (Fsp3) is 0.0909. The van der Waals surface area contributed by atoms with Gasteiger partial charge in [0.25, 0.3) is 11.8 Å². The molecule has 1 N–H and O–H groups in total. The lowest BCUT2D eigenvalue weighted by Crippen LogP contribution is -2.25. The number of carbonyl (C=O) groups excluding carboxylic acids is 2. The Morgan fingerprint density at radius 1 is 1.07 bits per heavy atom. The number of para-hydroxylation sites is 2. The summed E-state index contributed by atoms with van der Waals surface area (Å²) >= 11 is 5.83. The Kier molecular flexibility index (Phi) is 5.10. The number of amides is 2.